The summed E-state index contributed by atoms with van der Waals surface area (Å²) in [6.07, 6.45) is 0.457. The average Bonchev–Trinajstić information content (AvgIpc) is 2.22. The van der Waals surface area contributed by atoms with Gasteiger partial charge < -0.3 is 5.32 Å². The van der Waals surface area contributed by atoms with Gasteiger partial charge in [0.15, 0.2) is 0 Å². The monoisotopic (exact) mass is 140 g/mol. The van der Waals surface area contributed by atoms with E-state index < -0.39 is 0 Å². The van der Waals surface area contributed by atoms with Crippen molar-refractivity contribution in [3.05, 3.63) is 11.2 Å². The van der Waals surface area contributed by atoms with Crippen molar-refractivity contribution in [1.29, 1.82) is 0 Å². The molecule has 2 heterocycles. The fraction of sp³-hybridized carbons (Fsp3) is 0.200. The second-order valence-corrected chi connectivity index (χ2v) is 2.71. The smallest absolute Gasteiger partial charge is 0.231 e. The van der Waals surface area contributed by atoms with Gasteiger partial charge in [-0.1, -0.05) is 0 Å². The lowest BCUT2D eigenvalue weighted by Gasteiger charge is -1.83. The molecule has 1 aromatic heterocycles. The van der Waals surface area contributed by atoms with E-state index in [9.17, 15) is 4.79 Å². The minimum atomic E-state index is 0.0596. The summed E-state index contributed by atoms with van der Waals surface area (Å²) in [5.74, 6) is 0.0596. The Morgan fingerprint density at radius 3 is 3.44 bits per heavy atom. The number of hydrogen-bond acceptors (Lipinski definition) is 3. The van der Waals surface area contributed by atoms with Crippen LogP contribution in [-0.2, 0) is 11.2 Å². The van der Waals surface area contributed by atoms with E-state index in [1.807, 2.05) is 0 Å². The molecule has 4 heteroatoms. The number of anilines is 1. The van der Waals surface area contributed by atoms with Crippen LogP contribution >= 0.6 is 11.3 Å². The van der Waals surface area contributed by atoms with Gasteiger partial charge in [-0.3, -0.25) is 4.79 Å². The lowest BCUT2D eigenvalue weighted by molar-refractivity contribution is -0.115. The van der Waals surface area contributed by atoms with Crippen LogP contribution in [0.4, 0.5) is 5.00 Å². The van der Waals surface area contributed by atoms with E-state index in [1.165, 1.54) is 11.3 Å². The van der Waals surface area contributed by atoms with Crippen LogP contribution in [0.25, 0.3) is 0 Å². The molecule has 1 aliphatic rings. The van der Waals surface area contributed by atoms with Crippen LogP contribution in [0.3, 0.4) is 0 Å². The van der Waals surface area contributed by atoms with Gasteiger partial charge in [-0.05, 0) is 0 Å². The van der Waals surface area contributed by atoms with Crippen molar-refractivity contribution in [2.24, 2.45) is 0 Å². The Morgan fingerprint density at radius 2 is 2.67 bits per heavy atom. The molecule has 1 aliphatic heterocycles. The fourth-order valence-corrected chi connectivity index (χ4v) is 1.54. The minimum absolute atomic E-state index is 0.0596. The third-order valence-corrected chi connectivity index (χ3v) is 2.01. The quantitative estimate of drug-likeness (QED) is 0.574. The largest absolute Gasteiger partial charge is 0.316 e. The summed E-state index contributed by atoms with van der Waals surface area (Å²) in [5, 5.41) is 3.61. The number of carbonyl (C=O) groups excluding carboxylic acids is 1. The second kappa shape index (κ2) is 1.54. The molecule has 9 heavy (non-hydrogen) atoms. The normalized spacial score (nSPS) is 15.3. The van der Waals surface area contributed by atoms with Crippen molar-refractivity contribution in [1.82, 2.24) is 4.98 Å². The Kier molecular flexibility index (Phi) is 0.843. The van der Waals surface area contributed by atoms with Crippen molar-refractivity contribution >= 4 is 22.2 Å². The molecule has 0 fully saturated rings. The van der Waals surface area contributed by atoms with Gasteiger partial charge >= 0.3 is 0 Å². The Hall–Kier alpha value is -0.900. The lowest BCUT2D eigenvalue weighted by Crippen LogP contribution is -2.03. The zero-order chi connectivity index (χ0) is 6.27. The predicted molar refractivity (Wildman–Crippen MR) is 34.4 cm³/mol. The van der Waals surface area contributed by atoms with Gasteiger partial charge in [0.25, 0.3) is 0 Å². The predicted octanol–water partition coefficient (Wildman–Crippen LogP) is 0.638. The maximum absolute atomic E-state index is 10.6. The first-order chi connectivity index (χ1) is 4.36. The summed E-state index contributed by atoms with van der Waals surface area (Å²) in [6.45, 7) is 0. The maximum Gasteiger partial charge on any atom is 0.231 e. The molecule has 1 aromatic rings. The Morgan fingerprint density at radius 1 is 1.78 bits per heavy atom. The van der Waals surface area contributed by atoms with Gasteiger partial charge in [-0.15, -0.1) is 11.3 Å². The van der Waals surface area contributed by atoms with Crippen LogP contribution < -0.4 is 5.32 Å². The summed E-state index contributed by atoms with van der Waals surface area (Å²) < 4.78 is 0. The number of aromatic nitrogens is 1. The number of thiazole rings is 1. The highest BCUT2D eigenvalue weighted by atomic mass is 32.1. The lowest BCUT2D eigenvalue weighted by atomic mass is 10.4. The van der Waals surface area contributed by atoms with Gasteiger partial charge in [-0.25, -0.2) is 4.98 Å². The van der Waals surface area contributed by atoms with Gasteiger partial charge in [0, 0.05) is 0 Å². The molecule has 0 atom stereocenters. The first kappa shape index (κ1) is 4.93. The molecule has 1 N–H and O–H groups in total. The summed E-state index contributed by atoms with van der Waals surface area (Å²) in [5.41, 5.74) is 2.63. The SMILES string of the molecule is O=C1Cc2ncsc2N1. The maximum atomic E-state index is 10.6. The highest BCUT2D eigenvalue weighted by molar-refractivity contribution is 7.14. The zero-order valence-corrected chi connectivity index (χ0v) is 5.36. The van der Waals surface area contributed by atoms with E-state index in [1.54, 1.807) is 5.51 Å². The van der Waals surface area contributed by atoms with Gasteiger partial charge in [0.2, 0.25) is 5.91 Å². The molecular formula is C5H4N2OS. The number of rotatable bonds is 0. The third-order valence-electron chi connectivity index (χ3n) is 1.22. The first-order valence-electron chi connectivity index (χ1n) is 2.58. The van der Waals surface area contributed by atoms with E-state index >= 15 is 0 Å². The van der Waals surface area contributed by atoms with Crippen molar-refractivity contribution in [2.75, 3.05) is 5.32 Å². The Balaban J connectivity index is 2.49. The molecule has 0 radical (unpaired) electrons. The van der Waals surface area contributed by atoms with E-state index in [-0.39, 0.29) is 5.91 Å². The van der Waals surface area contributed by atoms with E-state index in [0.29, 0.717) is 6.42 Å². The van der Waals surface area contributed by atoms with Crippen LogP contribution in [0.5, 0.6) is 0 Å². The Labute approximate surface area is 55.7 Å². The highest BCUT2D eigenvalue weighted by Gasteiger charge is 2.19. The standard InChI is InChI=1S/C5H4N2OS/c8-4-1-3-5(7-4)9-2-6-3/h2H,1H2,(H,7,8). The van der Waals surface area contributed by atoms with Gasteiger partial charge in [0.05, 0.1) is 17.6 Å². The highest BCUT2D eigenvalue weighted by Crippen LogP contribution is 2.25. The summed E-state index contributed by atoms with van der Waals surface area (Å²) in [4.78, 5) is 14.6. The molecule has 0 aromatic carbocycles. The van der Waals surface area contributed by atoms with E-state index in [2.05, 4.69) is 10.3 Å². The first-order valence-corrected chi connectivity index (χ1v) is 3.46. The van der Waals surface area contributed by atoms with Crippen molar-refractivity contribution in [2.45, 2.75) is 6.42 Å². The number of nitrogens with zero attached hydrogens (tertiary/aromatic N) is 1. The second-order valence-electron chi connectivity index (χ2n) is 1.85. The molecule has 0 saturated heterocycles. The van der Waals surface area contributed by atoms with Crippen LogP contribution in [0.1, 0.15) is 5.69 Å². The molecule has 0 spiro atoms. The number of hydrogen-bond donors (Lipinski definition) is 1. The van der Waals surface area contributed by atoms with Crippen molar-refractivity contribution in [3.8, 4) is 0 Å². The average molecular weight is 140 g/mol. The zero-order valence-electron chi connectivity index (χ0n) is 4.55. The summed E-state index contributed by atoms with van der Waals surface area (Å²) in [7, 11) is 0. The molecule has 2 rings (SSSR count). The number of nitrogens with one attached hydrogen (secondary N) is 1. The van der Waals surface area contributed by atoms with Crippen molar-refractivity contribution < 1.29 is 4.79 Å². The molecule has 3 nitrogen and oxygen atoms in total. The van der Waals surface area contributed by atoms with Gasteiger partial charge in [0.1, 0.15) is 5.00 Å². The number of amides is 1. The molecule has 1 amide bonds. The molecule has 0 bridgehead atoms. The van der Waals surface area contributed by atoms with Crippen LogP contribution in [-0.4, -0.2) is 10.9 Å². The molecule has 0 aliphatic carbocycles. The number of carbonyl (C=O) groups is 1. The third kappa shape index (κ3) is 0.632. The fourth-order valence-electron chi connectivity index (χ4n) is 0.820. The topological polar surface area (TPSA) is 42.0 Å². The van der Waals surface area contributed by atoms with E-state index in [4.69, 9.17) is 0 Å². The van der Waals surface area contributed by atoms with Crippen LogP contribution in [0, 0.1) is 0 Å². The molecule has 0 saturated carbocycles. The van der Waals surface area contributed by atoms with Crippen molar-refractivity contribution in [3.63, 3.8) is 0 Å². The molecule has 46 valence electrons. The van der Waals surface area contributed by atoms with Crippen LogP contribution in [0.15, 0.2) is 5.51 Å². The van der Waals surface area contributed by atoms with E-state index in [0.717, 1.165) is 10.7 Å². The number of fused-ring (bicyclic) bond motifs is 1. The Bertz CT molecular complexity index is 233. The van der Waals surface area contributed by atoms with Crippen LogP contribution in [0.2, 0.25) is 0 Å². The molecular weight excluding hydrogens is 136 g/mol. The van der Waals surface area contributed by atoms with Gasteiger partial charge in [-0.2, -0.15) is 0 Å². The summed E-state index contributed by atoms with van der Waals surface area (Å²) in [6, 6.07) is 0. The minimum Gasteiger partial charge on any atom is -0.316 e. The summed E-state index contributed by atoms with van der Waals surface area (Å²) >= 11 is 1.47. The molecule has 0 unspecified atom stereocenters.